The molecule has 0 spiro atoms. The summed E-state index contributed by atoms with van der Waals surface area (Å²) in [5.74, 6) is -0.637. The van der Waals surface area contributed by atoms with E-state index in [1.54, 1.807) is 0 Å². The van der Waals surface area contributed by atoms with Crippen LogP contribution in [-0.4, -0.2) is 4.92 Å². The fraction of sp³-hybridized carbons (Fsp3) is 0.0769. The van der Waals surface area contributed by atoms with Gasteiger partial charge in [0.15, 0.2) is 0 Å². The Morgan fingerprint density at radius 1 is 1.14 bits per heavy atom. The van der Waals surface area contributed by atoms with Gasteiger partial charge in [-0.2, -0.15) is 0 Å². The van der Waals surface area contributed by atoms with Gasteiger partial charge in [0, 0.05) is 12.1 Å². The molecule has 0 aliphatic rings. The van der Waals surface area contributed by atoms with E-state index in [4.69, 9.17) is 4.74 Å². The van der Waals surface area contributed by atoms with Gasteiger partial charge in [0.1, 0.15) is 17.3 Å². The fourth-order valence-electron chi connectivity index (χ4n) is 1.59. The summed E-state index contributed by atoms with van der Waals surface area (Å²) in [6, 6.07) is 6.36. The zero-order valence-electron chi connectivity index (χ0n) is 10.2. The Hall–Kier alpha value is -2.09. The highest BCUT2D eigenvalue weighted by Crippen LogP contribution is 2.37. The van der Waals surface area contributed by atoms with Crippen molar-refractivity contribution in [3.05, 3.63) is 62.4 Å². The quantitative estimate of drug-likeness (QED) is 0.553. The molecule has 0 saturated heterocycles. The van der Waals surface area contributed by atoms with Crippen LogP contribution < -0.4 is 4.74 Å². The topological polar surface area (TPSA) is 52.4 Å². The van der Waals surface area contributed by atoms with Crippen LogP contribution in [0.25, 0.3) is 0 Å². The zero-order chi connectivity index (χ0) is 15.6. The Balaban J connectivity index is 2.41. The van der Waals surface area contributed by atoms with Crippen molar-refractivity contribution in [2.24, 2.45) is 0 Å². The summed E-state index contributed by atoms with van der Waals surface area (Å²) < 4.78 is 44.4. The van der Waals surface area contributed by atoms with Crippen LogP contribution in [0.5, 0.6) is 11.5 Å². The van der Waals surface area contributed by atoms with Gasteiger partial charge in [0.05, 0.1) is 15.0 Å². The third-order valence-electron chi connectivity index (χ3n) is 2.55. The molecule has 2 rings (SSSR count). The normalized spacial score (nSPS) is 10.7. The molecule has 0 fully saturated rings. The Bertz CT molecular complexity index is 694. The van der Waals surface area contributed by atoms with Crippen LogP contribution in [0.4, 0.5) is 18.9 Å². The van der Waals surface area contributed by atoms with Crippen LogP contribution >= 0.6 is 15.9 Å². The van der Waals surface area contributed by atoms with Crippen molar-refractivity contribution in [2.75, 3.05) is 0 Å². The lowest BCUT2D eigenvalue weighted by molar-refractivity contribution is -0.385. The van der Waals surface area contributed by atoms with Crippen LogP contribution in [0.15, 0.2) is 40.9 Å². The third kappa shape index (κ3) is 3.52. The Morgan fingerprint density at radius 2 is 1.81 bits per heavy atom. The van der Waals surface area contributed by atoms with E-state index in [9.17, 15) is 23.3 Å². The van der Waals surface area contributed by atoms with E-state index in [0.717, 1.165) is 30.3 Å². The predicted octanol–water partition coefficient (Wildman–Crippen LogP) is 5.23. The summed E-state index contributed by atoms with van der Waals surface area (Å²) in [6.45, 7) is 0. The first-order valence-electron chi connectivity index (χ1n) is 5.58. The molecule has 0 aromatic heterocycles. The molecule has 0 saturated carbocycles. The summed E-state index contributed by atoms with van der Waals surface area (Å²) >= 11 is 3.04. The Morgan fingerprint density at radius 3 is 2.38 bits per heavy atom. The van der Waals surface area contributed by atoms with Crippen molar-refractivity contribution < 1.29 is 22.8 Å². The first kappa shape index (κ1) is 15.3. The van der Waals surface area contributed by atoms with E-state index >= 15 is 0 Å². The number of nitro benzene ring substituents is 1. The van der Waals surface area contributed by atoms with Gasteiger partial charge in [0.2, 0.25) is 0 Å². The van der Waals surface area contributed by atoms with Gasteiger partial charge in [-0.15, -0.1) is 0 Å². The molecule has 0 heterocycles. The number of ether oxygens (including phenoxy) is 1. The molecule has 2 aromatic carbocycles. The maximum Gasteiger partial charge on any atom is 0.270 e. The van der Waals surface area contributed by atoms with Crippen molar-refractivity contribution in [3.8, 4) is 11.5 Å². The highest BCUT2D eigenvalue weighted by atomic mass is 79.9. The van der Waals surface area contributed by atoms with E-state index in [0.29, 0.717) is 0 Å². The number of rotatable bonds is 4. The third-order valence-corrected chi connectivity index (χ3v) is 3.17. The van der Waals surface area contributed by atoms with Gasteiger partial charge < -0.3 is 4.74 Å². The minimum Gasteiger partial charge on any atom is -0.456 e. The lowest BCUT2D eigenvalue weighted by Gasteiger charge is -2.11. The van der Waals surface area contributed by atoms with Crippen molar-refractivity contribution in [1.82, 2.24) is 0 Å². The molecular formula is C13H7BrF3NO3. The number of halogens is 4. The van der Waals surface area contributed by atoms with E-state index in [2.05, 4.69) is 15.9 Å². The number of nitro groups is 1. The van der Waals surface area contributed by atoms with E-state index in [1.807, 2.05) is 0 Å². The molecule has 2 aromatic rings. The second-order valence-electron chi connectivity index (χ2n) is 3.96. The second kappa shape index (κ2) is 6.13. The van der Waals surface area contributed by atoms with Crippen LogP contribution in [0, 0.1) is 15.9 Å². The maximum absolute atomic E-state index is 13.0. The highest BCUT2D eigenvalue weighted by molar-refractivity contribution is 9.10. The Kier molecular flexibility index (Phi) is 4.46. The number of hydrogen-bond acceptors (Lipinski definition) is 3. The zero-order valence-corrected chi connectivity index (χ0v) is 11.8. The Labute approximate surface area is 125 Å². The second-order valence-corrected chi connectivity index (χ2v) is 4.81. The SMILES string of the molecule is O=[N+]([O-])c1ccc(Oc2ccc(F)cc2Br)c(C(F)F)c1. The monoisotopic (exact) mass is 361 g/mol. The van der Waals surface area contributed by atoms with Gasteiger partial charge in [-0.05, 0) is 40.2 Å². The lowest BCUT2D eigenvalue weighted by Crippen LogP contribution is -1.96. The molecule has 0 aliphatic heterocycles. The van der Waals surface area contributed by atoms with Gasteiger partial charge in [-0.25, -0.2) is 13.2 Å². The summed E-state index contributed by atoms with van der Waals surface area (Å²) in [4.78, 5) is 9.83. The minimum absolute atomic E-state index is 0.118. The standard InChI is InChI=1S/C13H7BrF3NO3/c14-10-5-7(15)1-3-12(10)21-11-4-2-8(18(19)20)6-9(11)13(16)17/h1-6,13H. The number of alkyl halides is 2. The molecule has 0 unspecified atom stereocenters. The van der Waals surface area contributed by atoms with Gasteiger partial charge >= 0.3 is 0 Å². The summed E-state index contributed by atoms with van der Waals surface area (Å²) in [5.41, 5.74) is -1.07. The van der Waals surface area contributed by atoms with Gasteiger partial charge in [-0.1, -0.05) is 0 Å². The number of nitrogens with zero attached hydrogens (tertiary/aromatic N) is 1. The van der Waals surface area contributed by atoms with Crippen molar-refractivity contribution in [1.29, 1.82) is 0 Å². The molecule has 0 atom stereocenters. The number of benzene rings is 2. The van der Waals surface area contributed by atoms with Crippen LogP contribution in [-0.2, 0) is 0 Å². The minimum atomic E-state index is -2.95. The average molecular weight is 362 g/mol. The van der Waals surface area contributed by atoms with Gasteiger partial charge in [0.25, 0.3) is 12.1 Å². The van der Waals surface area contributed by atoms with E-state index in [-0.39, 0.29) is 16.0 Å². The molecule has 0 N–H and O–H groups in total. The maximum atomic E-state index is 13.0. The molecule has 4 nitrogen and oxygen atoms in total. The average Bonchev–Trinajstić information content (AvgIpc) is 2.41. The van der Waals surface area contributed by atoms with Crippen molar-refractivity contribution in [3.63, 3.8) is 0 Å². The summed E-state index contributed by atoms with van der Waals surface area (Å²) in [5, 5.41) is 10.6. The van der Waals surface area contributed by atoms with E-state index < -0.39 is 28.4 Å². The molecule has 0 bridgehead atoms. The number of non-ortho nitro benzene ring substituents is 1. The molecule has 110 valence electrons. The molecule has 0 aliphatic carbocycles. The smallest absolute Gasteiger partial charge is 0.270 e. The van der Waals surface area contributed by atoms with Crippen molar-refractivity contribution in [2.45, 2.75) is 6.43 Å². The largest absolute Gasteiger partial charge is 0.456 e. The number of hydrogen-bond donors (Lipinski definition) is 0. The van der Waals surface area contributed by atoms with Gasteiger partial charge in [-0.3, -0.25) is 10.1 Å². The lowest BCUT2D eigenvalue weighted by atomic mass is 10.2. The van der Waals surface area contributed by atoms with E-state index in [1.165, 1.54) is 6.07 Å². The van der Waals surface area contributed by atoms with Crippen LogP contribution in [0.1, 0.15) is 12.0 Å². The first-order chi connectivity index (χ1) is 9.88. The van der Waals surface area contributed by atoms with Crippen LogP contribution in [0.3, 0.4) is 0 Å². The molecular weight excluding hydrogens is 355 g/mol. The fourth-order valence-corrected chi connectivity index (χ4v) is 2.02. The highest BCUT2D eigenvalue weighted by Gasteiger charge is 2.20. The molecule has 8 heteroatoms. The van der Waals surface area contributed by atoms with Crippen molar-refractivity contribution >= 4 is 21.6 Å². The van der Waals surface area contributed by atoms with Crippen LogP contribution in [0.2, 0.25) is 0 Å². The molecule has 21 heavy (non-hydrogen) atoms. The molecule has 0 radical (unpaired) electrons. The summed E-state index contributed by atoms with van der Waals surface area (Å²) in [7, 11) is 0. The first-order valence-corrected chi connectivity index (χ1v) is 6.37. The predicted molar refractivity (Wildman–Crippen MR) is 72.2 cm³/mol. The molecule has 0 amide bonds. The summed E-state index contributed by atoms with van der Waals surface area (Å²) in [6.07, 6.45) is -2.95.